The maximum atomic E-state index is 12.8. The number of rotatable bonds is 10. The van der Waals surface area contributed by atoms with Crippen LogP contribution in [0.5, 0.6) is 0 Å². The Hall–Kier alpha value is -2.58. The van der Waals surface area contributed by atoms with E-state index in [1.165, 1.54) is 6.07 Å². The topological polar surface area (TPSA) is 54.9 Å². The molecule has 2 rings (SSSR count). The van der Waals surface area contributed by atoms with Gasteiger partial charge in [-0.15, -0.1) is 0 Å². The Morgan fingerprint density at radius 2 is 1.50 bits per heavy atom. The molecule has 8 heteroatoms. The van der Waals surface area contributed by atoms with Gasteiger partial charge in [-0.1, -0.05) is 36.4 Å². The molecule has 0 saturated heterocycles. The van der Waals surface area contributed by atoms with Crippen molar-refractivity contribution in [3.8, 4) is 0 Å². The highest BCUT2D eigenvalue weighted by Crippen LogP contribution is 2.29. The smallest absolute Gasteiger partial charge is 0.379 e. The Balaban J connectivity index is 1.82. The molecular weight excluding hydrogens is 395 g/mol. The molecular formula is C22H28F3N3O2. The maximum absolute atomic E-state index is 12.8. The Kier molecular flexibility index (Phi) is 9.63. The molecule has 2 aromatic rings. The molecule has 0 aliphatic heterocycles. The van der Waals surface area contributed by atoms with Crippen LogP contribution in [0.2, 0.25) is 0 Å². The van der Waals surface area contributed by atoms with Gasteiger partial charge in [0.1, 0.15) is 0 Å². The van der Waals surface area contributed by atoms with Gasteiger partial charge in [-0.05, 0) is 35.7 Å². The Morgan fingerprint density at radius 1 is 0.900 bits per heavy atom. The van der Waals surface area contributed by atoms with Gasteiger partial charge >= 0.3 is 6.18 Å². The molecule has 0 aromatic heterocycles. The normalized spacial score (nSPS) is 12.1. The molecule has 0 unspecified atom stereocenters. The van der Waals surface area contributed by atoms with Crippen molar-refractivity contribution in [2.24, 2.45) is 4.99 Å². The molecule has 0 fully saturated rings. The van der Waals surface area contributed by atoms with Crippen LogP contribution in [0.25, 0.3) is 0 Å². The molecule has 0 amide bonds. The molecule has 0 bridgehead atoms. The summed E-state index contributed by atoms with van der Waals surface area (Å²) < 4.78 is 49.3. The molecule has 0 aliphatic carbocycles. The first-order valence-corrected chi connectivity index (χ1v) is 9.76. The Bertz CT molecular complexity index is 810. The van der Waals surface area contributed by atoms with Crippen molar-refractivity contribution in [2.45, 2.75) is 32.8 Å². The second-order valence-corrected chi connectivity index (χ2v) is 6.55. The highest BCUT2D eigenvalue weighted by molar-refractivity contribution is 5.79. The average Bonchev–Trinajstić information content (AvgIpc) is 2.74. The van der Waals surface area contributed by atoms with Gasteiger partial charge in [0.25, 0.3) is 0 Å². The van der Waals surface area contributed by atoms with E-state index in [-0.39, 0.29) is 6.54 Å². The minimum absolute atomic E-state index is 0.233. The van der Waals surface area contributed by atoms with E-state index < -0.39 is 11.7 Å². The zero-order chi connectivity index (χ0) is 21.8. The van der Waals surface area contributed by atoms with Gasteiger partial charge in [0.2, 0.25) is 0 Å². The van der Waals surface area contributed by atoms with Gasteiger partial charge in [-0.3, -0.25) is 4.99 Å². The molecule has 2 aromatic carbocycles. The highest BCUT2D eigenvalue weighted by atomic mass is 19.4. The van der Waals surface area contributed by atoms with E-state index in [0.717, 1.165) is 23.3 Å². The summed E-state index contributed by atoms with van der Waals surface area (Å²) in [7, 11) is 1.62. The first kappa shape index (κ1) is 23.7. The van der Waals surface area contributed by atoms with E-state index >= 15 is 0 Å². The van der Waals surface area contributed by atoms with E-state index in [4.69, 9.17) is 9.47 Å². The first-order valence-electron chi connectivity index (χ1n) is 9.76. The lowest BCUT2D eigenvalue weighted by atomic mass is 10.1. The fraction of sp³-hybridized carbons (Fsp3) is 0.409. The first-order chi connectivity index (χ1) is 14.4. The molecule has 5 nitrogen and oxygen atoms in total. The van der Waals surface area contributed by atoms with Crippen LogP contribution in [0, 0.1) is 0 Å². The minimum Gasteiger partial charge on any atom is -0.379 e. The van der Waals surface area contributed by atoms with Crippen molar-refractivity contribution in [2.75, 3.05) is 26.9 Å². The number of benzene rings is 2. The lowest BCUT2D eigenvalue weighted by Gasteiger charge is -2.14. The standard InChI is InChI=1S/C22H28F3N3O2/c1-3-29-10-11-30-16-19-8-4-6-17(12-19)14-27-21(26-2)28-15-18-7-5-9-20(13-18)22(23,24)25/h4-9,12-13H,3,10-11,14-16H2,1-2H3,(H2,26,27,28). The predicted molar refractivity (Wildman–Crippen MR) is 111 cm³/mol. The summed E-state index contributed by atoms with van der Waals surface area (Å²) in [5.41, 5.74) is 1.96. The molecule has 0 aliphatic rings. The quantitative estimate of drug-likeness (QED) is 0.343. The molecule has 0 spiro atoms. The molecule has 2 N–H and O–H groups in total. The van der Waals surface area contributed by atoms with E-state index in [9.17, 15) is 13.2 Å². The average molecular weight is 423 g/mol. The van der Waals surface area contributed by atoms with Gasteiger partial charge in [0.05, 0.1) is 25.4 Å². The zero-order valence-electron chi connectivity index (χ0n) is 17.3. The van der Waals surface area contributed by atoms with Crippen molar-refractivity contribution in [3.05, 3.63) is 70.8 Å². The van der Waals surface area contributed by atoms with Crippen molar-refractivity contribution >= 4 is 5.96 Å². The third-order valence-corrected chi connectivity index (χ3v) is 4.23. The monoisotopic (exact) mass is 423 g/mol. The highest BCUT2D eigenvalue weighted by Gasteiger charge is 2.30. The number of aliphatic imine (C=N–C) groups is 1. The second-order valence-electron chi connectivity index (χ2n) is 6.55. The molecule has 0 heterocycles. The number of guanidine groups is 1. The lowest BCUT2D eigenvalue weighted by molar-refractivity contribution is -0.137. The van der Waals surface area contributed by atoms with Gasteiger partial charge in [-0.25, -0.2) is 0 Å². The molecule has 0 atom stereocenters. The summed E-state index contributed by atoms with van der Waals surface area (Å²) in [6.07, 6.45) is -4.35. The van der Waals surface area contributed by atoms with Crippen molar-refractivity contribution < 1.29 is 22.6 Å². The number of ether oxygens (including phenoxy) is 2. The summed E-state index contributed by atoms with van der Waals surface area (Å²) >= 11 is 0. The van der Waals surface area contributed by atoms with Crippen LogP contribution in [0.15, 0.2) is 53.5 Å². The second kappa shape index (κ2) is 12.2. The number of hydrogen-bond donors (Lipinski definition) is 2. The summed E-state index contributed by atoms with van der Waals surface area (Å²) in [6.45, 7) is 5.00. The number of halogens is 3. The Morgan fingerprint density at radius 3 is 2.13 bits per heavy atom. The largest absolute Gasteiger partial charge is 0.416 e. The third kappa shape index (κ3) is 8.42. The van der Waals surface area contributed by atoms with Gasteiger partial charge in [0.15, 0.2) is 5.96 Å². The predicted octanol–water partition coefficient (Wildman–Crippen LogP) is 4.12. The van der Waals surface area contributed by atoms with Crippen LogP contribution in [0.3, 0.4) is 0 Å². The number of nitrogens with zero attached hydrogens (tertiary/aromatic N) is 1. The lowest BCUT2D eigenvalue weighted by Crippen LogP contribution is -2.36. The summed E-state index contributed by atoms with van der Waals surface area (Å²) in [6, 6.07) is 13.2. The summed E-state index contributed by atoms with van der Waals surface area (Å²) in [5.74, 6) is 0.505. The molecule has 0 saturated carbocycles. The van der Waals surface area contributed by atoms with Crippen LogP contribution in [0.1, 0.15) is 29.2 Å². The van der Waals surface area contributed by atoms with Crippen LogP contribution in [0.4, 0.5) is 13.2 Å². The van der Waals surface area contributed by atoms with Gasteiger partial charge in [-0.2, -0.15) is 13.2 Å². The summed E-state index contributed by atoms with van der Waals surface area (Å²) in [4.78, 5) is 4.12. The summed E-state index contributed by atoms with van der Waals surface area (Å²) in [5, 5.41) is 6.20. The SMILES string of the molecule is CCOCCOCc1cccc(CNC(=NC)NCc2cccc(C(F)(F)F)c2)c1. The number of alkyl halides is 3. The number of hydrogen-bond acceptors (Lipinski definition) is 3. The van der Waals surface area contributed by atoms with Crippen LogP contribution >= 0.6 is 0 Å². The number of nitrogens with one attached hydrogen (secondary N) is 2. The fourth-order valence-corrected chi connectivity index (χ4v) is 2.73. The van der Waals surface area contributed by atoms with Gasteiger partial charge in [0, 0.05) is 26.7 Å². The Labute approximate surface area is 175 Å². The van der Waals surface area contributed by atoms with E-state index in [2.05, 4.69) is 15.6 Å². The van der Waals surface area contributed by atoms with E-state index in [1.54, 1.807) is 13.1 Å². The maximum Gasteiger partial charge on any atom is 0.416 e. The van der Waals surface area contributed by atoms with Crippen LogP contribution in [-0.2, 0) is 35.3 Å². The zero-order valence-corrected chi connectivity index (χ0v) is 17.3. The molecule has 30 heavy (non-hydrogen) atoms. The fourth-order valence-electron chi connectivity index (χ4n) is 2.73. The van der Waals surface area contributed by atoms with Crippen LogP contribution < -0.4 is 10.6 Å². The van der Waals surface area contributed by atoms with Crippen molar-refractivity contribution in [3.63, 3.8) is 0 Å². The van der Waals surface area contributed by atoms with Gasteiger partial charge < -0.3 is 20.1 Å². The van der Waals surface area contributed by atoms with Crippen LogP contribution in [-0.4, -0.2) is 32.8 Å². The van der Waals surface area contributed by atoms with Crippen molar-refractivity contribution in [1.29, 1.82) is 0 Å². The van der Waals surface area contributed by atoms with Crippen molar-refractivity contribution in [1.82, 2.24) is 10.6 Å². The molecule has 164 valence electrons. The third-order valence-electron chi connectivity index (χ3n) is 4.23. The molecule has 0 radical (unpaired) electrons. The minimum atomic E-state index is -4.35. The van der Waals surface area contributed by atoms with E-state index in [1.807, 2.05) is 31.2 Å². The van der Waals surface area contributed by atoms with E-state index in [0.29, 0.717) is 44.5 Å².